The van der Waals surface area contributed by atoms with Crippen LogP contribution in [0.2, 0.25) is 0 Å². The maximum atomic E-state index is 5.64. The van der Waals surface area contributed by atoms with Gasteiger partial charge in [0.1, 0.15) is 0 Å². The van der Waals surface area contributed by atoms with E-state index in [9.17, 15) is 0 Å². The van der Waals surface area contributed by atoms with Gasteiger partial charge in [-0.1, -0.05) is 44.2 Å². The van der Waals surface area contributed by atoms with Crippen LogP contribution in [0.25, 0.3) is 0 Å². The summed E-state index contributed by atoms with van der Waals surface area (Å²) >= 11 is 0. The molecule has 1 heterocycles. The molecule has 2 rings (SSSR count). The Hall–Kier alpha value is -1.63. The molecule has 1 aromatic carbocycles. The topological polar surface area (TPSA) is 66.9 Å². The number of nitrogens with zero attached hydrogens (tertiary/aromatic N) is 1. The van der Waals surface area contributed by atoms with E-state index in [1.165, 1.54) is 5.56 Å². The van der Waals surface area contributed by atoms with Crippen LogP contribution in [0.1, 0.15) is 51.6 Å². The molecule has 6 nitrogen and oxygen atoms in total. The number of hydrogen-bond donors (Lipinski definition) is 3. The number of benzene rings is 1. The molecule has 0 aliphatic carbocycles. The summed E-state index contributed by atoms with van der Waals surface area (Å²) < 4.78 is 11.3. The van der Waals surface area contributed by atoms with Crippen molar-refractivity contribution >= 4 is 5.96 Å². The Morgan fingerprint density at radius 3 is 2.52 bits per heavy atom. The normalized spacial score (nSPS) is 17.9. The molecular formula is C23H40N4O2. The van der Waals surface area contributed by atoms with E-state index < -0.39 is 0 Å². The second kappa shape index (κ2) is 12.8. The average molecular weight is 405 g/mol. The van der Waals surface area contributed by atoms with Crippen molar-refractivity contribution in [3.05, 3.63) is 35.9 Å². The molecule has 1 unspecified atom stereocenters. The highest BCUT2D eigenvalue weighted by atomic mass is 16.5. The maximum Gasteiger partial charge on any atom is 0.191 e. The summed E-state index contributed by atoms with van der Waals surface area (Å²) in [5.74, 6) is 1.42. The van der Waals surface area contributed by atoms with Crippen LogP contribution in [0.3, 0.4) is 0 Å². The molecule has 1 saturated heterocycles. The highest BCUT2D eigenvalue weighted by Gasteiger charge is 2.34. The van der Waals surface area contributed by atoms with Crippen molar-refractivity contribution in [1.82, 2.24) is 16.0 Å². The summed E-state index contributed by atoms with van der Waals surface area (Å²) in [6.45, 7) is 11.4. The lowest BCUT2D eigenvalue weighted by Crippen LogP contribution is -2.58. The van der Waals surface area contributed by atoms with Crippen LogP contribution in [0, 0.1) is 5.92 Å². The number of nitrogens with one attached hydrogen (secondary N) is 3. The van der Waals surface area contributed by atoms with Gasteiger partial charge in [0.15, 0.2) is 5.96 Å². The largest absolute Gasteiger partial charge is 0.381 e. The third-order valence-corrected chi connectivity index (χ3v) is 5.30. The fourth-order valence-electron chi connectivity index (χ4n) is 3.59. The Morgan fingerprint density at radius 1 is 1.14 bits per heavy atom. The minimum atomic E-state index is -0.00843. The lowest BCUT2D eigenvalue weighted by atomic mass is 9.88. The Kier molecular flexibility index (Phi) is 10.5. The minimum Gasteiger partial charge on any atom is -0.381 e. The molecule has 0 amide bonds. The second-order valence-corrected chi connectivity index (χ2v) is 8.34. The van der Waals surface area contributed by atoms with Crippen molar-refractivity contribution in [3.63, 3.8) is 0 Å². The van der Waals surface area contributed by atoms with E-state index in [4.69, 9.17) is 9.47 Å². The first-order valence-electron chi connectivity index (χ1n) is 11.0. The summed E-state index contributed by atoms with van der Waals surface area (Å²) in [4.78, 5) is 4.38. The zero-order valence-electron chi connectivity index (χ0n) is 18.7. The highest BCUT2D eigenvalue weighted by molar-refractivity contribution is 5.79. The summed E-state index contributed by atoms with van der Waals surface area (Å²) in [5.41, 5.74) is 1.30. The lowest BCUT2D eigenvalue weighted by Gasteiger charge is -2.41. The van der Waals surface area contributed by atoms with Crippen LogP contribution < -0.4 is 16.0 Å². The molecule has 0 radical (unpaired) electrons. The van der Waals surface area contributed by atoms with Crippen molar-refractivity contribution < 1.29 is 9.47 Å². The SMILES string of the molecule is CN=C(NCCCOCC(C)C)NCC1(NC(C)c2ccccc2)CCOCC1. The van der Waals surface area contributed by atoms with Gasteiger partial charge >= 0.3 is 0 Å². The van der Waals surface area contributed by atoms with E-state index in [1.807, 2.05) is 7.05 Å². The maximum absolute atomic E-state index is 5.64. The predicted octanol–water partition coefficient (Wildman–Crippen LogP) is 3.11. The van der Waals surface area contributed by atoms with Gasteiger partial charge in [0, 0.05) is 58.1 Å². The zero-order chi connectivity index (χ0) is 21.0. The fraction of sp³-hybridized carbons (Fsp3) is 0.696. The average Bonchev–Trinajstić information content (AvgIpc) is 2.73. The zero-order valence-corrected chi connectivity index (χ0v) is 18.7. The van der Waals surface area contributed by atoms with Crippen LogP contribution in [0.5, 0.6) is 0 Å². The monoisotopic (exact) mass is 404 g/mol. The second-order valence-electron chi connectivity index (χ2n) is 8.34. The molecule has 1 aromatic rings. The first kappa shape index (κ1) is 23.6. The van der Waals surface area contributed by atoms with Gasteiger partial charge in [-0.05, 0) is 37.7 Å². The van der Waals surface area contributed by atoms with Crippen LogP contribution in [0.15, 0.2) is 35.3 Å². The Labute approximate surface area is 176 Å². The lowest BCUT2D eigenvalue weighted by molar-refractivity contribution is 0.0354. The number of hydrogen-bond acceptors (Lipinski definition) is 4. The Morgan fingerprint density at radius 2 is 1.86 bits per heavy atom. The summed E-state index contributed by atoms with van der Waals surface area (Å²) in [7, 11) is 1.82. The van der Waals surface area contributed by atoms with Crippen molar-refractivity contribution in [2.45, 2.75) is 51.6 Å². The molecule has 29 heavy (non-hydrogen) atoms. The van der Waals surface area contributed by atoms with Gasteiger partial charge in [-0.2, -0.15) is 0 Å². The van der Waals surface area contributed by atoms with Gasteiger partial charge in [-0.3, -0.25) is 4.99 Å². The van der Waals surface area contributed by atoms with Gasteiger partial charge < -0.3 is 25.4 Å². The minimum absolute atomic E-state index is 0.00843. The first-order valence-corrected chi connectivity index (χ1v) is 11.0. The molecule has 164 valence electrons. The van der Waals surface area contributed by atoms with Crippen molar-refractivity contribution in [1.29, 1.82) is 0 Å². The Balaban J connectivity index is 1.82. The van der Waals surface area contributed by atoms with E-state index in [0.29, 0.717) is 5.92 Å². The van der Waals surface area contributed by atoms with Crippen LogP contribution >= 0.6 is 0 Å². The molecule has 0 aromatic heterocycles. The van der Waals surface area contributed by atoms with Gasteiger partial charge in [-0.15, -0.1) is 0 Å². The number of ether oxygens (including phenoxy) is 2. The number of aliphatic imine (C=N–C) groups is 1. The van der Waals surface area contributed by atoms with Gasteiger partial charge in [-0.25, -0.2) is 0 Å². The third kappa shape index (κ3) is 8.72. The standard InChI is InChI=1S/C23H40N4O2/c1-19(2)17-29-14-8-13-25-22(24-4)26-18-23(11-15-28-16-12-23)27-20(3)21-9-6-5-7-10-21/h5-7,9-10,19-20,27H,8,11-18H2,1-4H3,(H2,24,25,26). The third-order valence-electron chi connectivity index (χ3n) is 5.30. The van der Waals surface area contributed by atoms with Crippen molar-refractivity contribution in [3.8, 4) is 0 Å². The summed E-state index contributed by atoms with van der Waals surface area (Å²) in [5, 5.41) is 10.8. The fourth-order valence-corrected chi connectivity index (χ4v) is 3.59. The van der Waals surface area contributed by atoms with Crippen LogP contribution in [-0.4, -0.2) is 58.1 Å². The predicted molar refractivity (Wildman–Crippen MR) is 120 cm³/mol. The van der Waals surface area contributed by atoms with E-state index in [-0.39, 0.29) is 11.6 Å². The van der Waals surface area contributed by atoms with E-state index in [0.717, 1.165) is 64.7 Å². The highest BCUT2D eigenvalue weighted by Crippen LogP contribution is 2.25. The molecule has 6 heteroatoms. The van der Waals surface area contributed by atoms with Gasteiger partial charge in [0.05, 0.1) is 0 Å². The van der Waals surface area contributed by atoms with E-state index in [1.54, 1.807) is 0 Å². The number of rotatable bonds is 11. The molecule has 3 N–H and O–H groups in total. The van der Waals surface area contributed by atoms with Crippen molar-refractivity contribution in [2.75, 3.05) is 46.6 Å². The summed E-state index contributed by atoms with van der Waals surface area (Å²) in [6.07, 6.45) is 2.93. The quantitative estimate of drug-likeness (QED) is 0.300. The summed E-state index contributed by atoms with van der Waals surface area (Å²) in [6, 6.07) is 10.9. The van der Waals surface area contributed by atoms with E-state index in [2.05, 4.69) is 72.0 Å². The molecule has 0 bridgehead atoms. The molecule has 1 aliphatic heterocycles. The number of guanidine groups is 1. The molecule has 1 atom stereocenters. The Bertz CT molecular complexity index is 586. The smallest absolute Gasteiger partial charge is 0.191 e. The molecule has 0 spiro atoms. The molecule has 1 fully saturated rings. The molecular weight excluding hydrogens is 364 g/mol. The van der Waals surface area contributed by atoms with Gasteiger partial charge in [0.25, 0.3) is 0 Å². The van der Waals surface area contributed by atoms with Gasteiger partial charge in [0.2, 0.25) is 0 Å². The molecule has 0 saturated carbocycles. The first-order chi connectivity index (χ1) is 14.0. The van der Waals surface area contributed by atoms with E-state index >= 15 is 0 Å². The van der Waals surface area contributed by atoms with Crippen molar-refractivity contribution in [2.24, 2.45) is 10.9 Å². The molecule has 1 aliphatic rings. The van der Waals surface area contributed by atoms with Crippen LogP contribution in [-0.2, 0) is 9.47 Å². The van der Waals surface area contributed by atoms with Crippen LogP contribution in [0.4, 0.5) is 0 Å².